The quantitative estimate of drug-likeness (QED) is 0.800. The number of benzene rings is 1. The highest BCUT2D eigenvalue weighted by atomic mass is 32.2. The second kappa shape index (κ2) is 7.91. The van der Waals surface area contributed by atoms with Gasteiger partial charge in [-0.15, -0.1) is 0 Å². The number of hydrogen-bond acceptors (Lipinski definition) is 4. The predicted molar refractivity (Wildman–Crippen MR) is 114 cm³/mol. The van der Waals surface area contributed by atoms with E-state index in [1.54, 1.807) is 12.1 Å². The zero-order valence-electron chi connectivity index (χ0n) is 17.8. The normalized spacial score (nSPS) is 15.8. The van der Waals surface area contributed by atoms with Crippen molar-refractivity contribution in [3.63, 3.8) is 0 Å². The van der Waals surface area contributed by atoms with Crippen LogP contribution in [0.2, 0.25) is 0 Å². The van der Waals surface area contributed by atoms with E-state index >= 15 is 0 Å². The van der Waals surface area contributed by atoms with E-state index in [1.165, 1.54) is 16.4 Å². The summed E-state index contributed by atoms with van der Waals surface area (Å²) < 4.78 is 28.6. The number of carbonyl (C=O) groups is 1. The summed E-state index contributed by atoms with van der Waals surface area (Å²) in [5.74, 6) is -0.0802. The largest absolute Gasteiger partial charge is 0.321 e. The molecule has 0 unspecified atom stereocenters. The lowest BCUT2D eigenvalue weighted by Gasteiger charge is -2.23. The Hall–Kier alpha value is -2.19. The molecule has 0 saturated carbocycles. The number of sulfonamides is 1. The smallest absolute Gasteiger partial charge is 0.276 e. The molecule has 1 aromatic carbocycles. The number of aromatic nitrogens is 2. The fraction of sp³-hybridized carbons (Fsp3) is 0.524. The minimum absolute atomic E-state index is 0.232. The first-order valence-corrected chi connectivity index (χ1v) is 11.5. The van der Waals surface area contributed by atoms with Gasteiger partial charge in [0.2, 0.25) is 10.0 Å². The minimum Gasteiger partial charge on any atom is -0.321 e. The summed E-state index contributed by atoms with van der Waals surface area (Å²) in [6.45, 7) is 11.4. The molecule has 1 N–H and O–H groups in total. The SMILES string of the molecule is CC(C)c1cc(C(=O)Nc2ccc(S(=O)(=O)N3CCCC3)cc2)nn1C(C)(C)C. The van der Waals surface area contributed by atoms with Crippen LogP contribution in [-0.4, -0.2) is 41.5 Å². The summed E-state index contributed by atoms with van der Waals surface area (Å²) in [6.07, 6.45) is 1.79. The van der Waals surface area contributed by atoms with Crippen LogP contribution in [0, 0.1) is 0 Å². The van der Waals surface area contributed by atoms with Gasteiger partial charge in [0.25, 0.3) is 5.91 Å². The van der Waals surface area contributed by atoms with Crippen molar-refractivity contribution in [1.29, 1.82) is 0 Å². The molecule has 2 aromatic rings. The Bertz CT molecular complexity index is 980. The third-order valence-corrected chi connectivity index (χ3v) is 6.92. The van der Waals surface area contributed by atoms with Crippen molar-refractivity contribution in [1.82, 2.24) is 14.1 Å². The van der Waals surface area contributed by atoms with Gasteiger partial charge in [-0.25, -0.2) is 8.42 Å². The Morgan fingerprint density at radius 1 is 1.10 bits per heavy atom. The summed E-state index contributed by atoms with van der Waals surface area (Å²) in [7, 11) is -3.46. The molecule has 0 aliphatic carbocycles. The van der Waals surface area contributed by atoms with Crippen LogP contribution in [0.4, 0.5) is 5.69 Å². The Labute approximate surface area is 173 Å². The molecular weight excluding hydrogens is 388 g/mol. The second-order valence-electron chi connectivity index (χ2n) is 8.78. The van der Waals surface area contributed by atoms with Crippen LogP contribution >= 0.6 is 0 Å². The first-order valence-electron chi connectivity index (χ1n) is 10.0. The molecule has 1 aliphatic rings. The summed E-state index contributed by atoms with van der Waals surface area (Å²) in [5.41, 5.74) is 1.64. The van der Waals surface area contributed by atoms with Crippen molar-refractivity contribution in [3.05, 3.63) is 41.7 Å². The number of carbonyl (C=O) groups excluding carboxylic acids is 1. The fourth-order valence-electron chi connectivity index (χ4n) is 3.44. The molecule has 0 bridgehead atoms. The lowest BCUT2D eigenvalue weighted by Crippen LogP contribution is -2.27. The summed E-state index contributed by atoms with van der Waals surface area (Å²) in [5, 5.41) is 7.32. The van der Waals surface area contributed by atoms with E-state index < -0.39 is 10.0 Å². The molecule has 3 rings (SSSR count). The van der Waals surface area contributed by atoms with Crippen molar-refractivity contribution >= 4 is 21.6 Å². The standard InChI is InChI=1S/C21H30N4O3S/c1-15(2)19-14-18(23-25(19)21(3,4)5)20(26)22-16-8-10-17(11-9-16)29(27,28)24-12-6-7-13-24/h8-11,14-15H,6-7,12-13H2,1-5H3,(H,22,26). The first-order chi connectivity index (χ1) is 13.5. The van der Waals surface area contributed by atoms with Gasteiger partial charge in [-0.2, -0.15) is 9.40 Å². The number of rotatable bonds is 5. The lowest BCUT2D eigenvalue weighted by atomic mass is 10.1. The van der Waals surface area contributed by atoms with E-state index in [9.17, 15) is 13.2 Å². The van der Waals surface area contributed by atoms with Crippen LogP contribution in [0.15, 0.2) is 35.2 Å². The van der Waals surface area contributed by atoms with Crippen LogP contribution in [0.3, 0.4) is 0 Å². The molecule has 29 heavy (non-hydrogen) atoms. The highest BCUT2D eigenvalue weighted by Gasteiger charge is 2.27. The first kappa shape index (κ1) is 21.5. The number of nitrogens with one attached hydrogen (secondary N) is 1. The molecular formula is C21H30N4O3S. The van der Waals surface area contributed by atoms with Crippen LogP contribution in [-0.2, 0) is 15.6 Å². The summed E-state index contributed by atoms with van der Waals surface area (Å²) >= 11 is 0. The Morgan fingerprint density at radius 2 is 1.69 bits per heavy atom. The van der Waals surface area contributed by atoms with E-state index in [2.05, 4.69) is 24.3 Å². The zero-order valence-corrected chi connectivity index (χ0v) is 18.6. The summed E-state index contributed by atoms with van der Waals surface area (Å²) in [4.78, 5) is 13.0. The van der Waals surface area contributed by atoms with Gasteiger partial charge in [0.15, 0.2) is 5.69 Å². The van der Waals surface area contributed by atoms with Crippen LogP contribution < -0.4 is 5.32 Å². The molecule has 1 aliphatic heterocycles. The molecule has 2 heterocycles. The van der Waals surface area contributed by atoms with Crippen molar-refractivity contribution < 1.29 is 13.2 Å². The Kier molecular flexibility index (Phi) is 5.87. The van der Waals surface area contributed by atoms with Crippen LogP contribution in [0.5, 0.6) is 0 Å². The molecule has 8 heteroatoms. The van der Waals surface area contributed by atoms with Gasteiger partial charge in [-0.05, 0) is 69.9 Å². The van der Waals surface area contributed by atoms with Gasteiger partial charge in [0.1, 0.15) is 0 Å². The predicted octanol–water partition coefficient (Wildman–Crippen LogP) is 3.80. The third kappa shape index (κ3) is 4.53. The van der Waals surface area contributed by atoms with Gasteiger partial charge in [0.05, 0.1) is 10.4 Å². The number of amides is 1. The molecule has 0 spiro atoms. The average Bonchev–Trinajstić information content (AvgIpc) is 3.32. The fourth-order valence-corrected chi connectivity index (χ4v) is 4.96. The van der Waals surface area contributed by atoms with Crippen molar-refractivity contribution in [2.75, 3.05) is 18.4 Å². The monoisotopic (exact) mass is 418 g/mol. The topological polar surface area (TPSA) is 84.3 Å². The molecule has 0 atom stereocenters. The second-order valence-corrected chi connectivity index (χ2v) is 10.7. The van der Waals surface area contributed by atoms with Crippen molar-refractivity contribution in [3.8, 4) is 0 Å². The number of nitrogens with zero attached hydrogens (tertiary/aromatic N) is 3. The number of hydrogen-bond donors (Lipinski definition) is 1. The molecule has 0 radical (unpaired) electrons. The van der Waals surface area contributed by atoms with Gasteiger partial charge < -0.3 is 5.32 Å². The zero-order chi connectivity index (χ0) is 21.4. The lowest BCUT2D eigenvalue weighted by molar-refractivity contribution is 0.102. The van der Waals surface area contributed by atoms with Gasteiger partial charge >= 0.3 is 0 Å². The highest BCUT2D eigenvalue weighted by Crippen LogP contribution is 2.25. The summed E-state index contributed by atoms with van der Waals surface area (Å²) in [6, 6.07) is 8.13. The number of anilines is 1. The van der Waals surface area contributed by atoms with Gasteiger partial charge in [-0.1, -0.05) is 13.8 Å². The molecule has 158 valence electrons. The third-order valence-electron chi connectivity index (χ3n) is 5.01. The van der Waals surface area contributed by atoms with Crippen LogP contribution in [0.1, 0.15) is 69.6 Å². The van der Waals surface area contributed by atoms with E-state index in [-0.39, 0.29) is 22.3 Å². The molecule has 1 fully saturated rings. The van der Waals surface area contributed by atoms with Gasteiger partial charge in [0, 0.05) is 24.5 Å². The van der Waals surface area contributed by atoms with E-state index in [0.717, 1.165) is 18.5 Å². The Balaban J connectivity index is 1.78. The molecule has 1 saturated heterocycles. The van der Waals surface area contributed by atoms with Gasteiger partial charge in [-0.3, -0.25) is 9.48 Å². The molecule has 1 aromatic heterocycles. The average molecular weight is 419 g/mol. The van der Waals surface area contributed by atoms with Crippen molar-refractivity contribution in [2.24, 2.45) is 0 Å². The van der Waals surface area contributed by atoms with Crippen LogP contribution in [0.25, 0.3) is 0 Å². The maximum atomic E-state index is 12.7. The highest BCUT2D eigenvalue weighted by molar-refractivity contribution is 7.89. The molecule has 7 nitrogen and oxygen atoms in total. The minimum atomic E-state index is -3.46. The molecule has 1 amide bonds. The van der Waals surface area contributed by atoms with E-state index in [1.807, 2.05) is 31.5 Å². The Morgan fingerprint density at radius 3 is 2.17 bits per heavy atom. The maximum absolute atomic E-state index is 12.7. The van der Waals surface area contributed by atoms with E-state index in [4.69, 9.17) is 0 Å². The van der Waals surface area contributed by atoms with Crippen molar-refractivity contribution in [2.45, 2.75) is 63.8 Å². The van der Waals surface area contributed by atoms with E-state index in [0.29, 0.717) is 24.5 Å². The maximum Gasteiger partial charge on any atom is 0.276 e.